The van der Waals surface area contributed by atoms with Gasteiger partial charge in [0, 0.05) is 23.9 Å². The first-order valence-corrected chi connectivity index (χ1v) is 8.96. The molecule has 1 amide bonds. The normalized spacial score (nSPS) is 10.3. The number of nitrogens with one attached hydrogen (secondary N) is 1. The van der Waals surface area contributed by atoms with Gasteiger partial charge in [-0.15, -0.1) is 0 Å². The van der Waals surface area contributed by atoms with Crippen molar-refractivity contribution in [2.45, 2.75) is 13.8 Å². The summed E-state index contributed by atoms with van der Waals surface area (Å²) in [6.07, 6.45) is 0. The highest BCUT2D eigenvalue weighted by molar-refractivity contribution is 6.04. The number of rotatable bonds is 9. The Balaban J connectivity index is 2.06. The van der Waals surface area contributed by atoms with Crippen LogP contribution in [-0.4, -0.2) is 44.2 Å². The molecule has 0 bridgehead atoms. The topological polar surface area (TPSA) is 74.6 Å². The zero-order chi connectivity index (χ0) is 19.6. The molecule has 2 aromatic rings. The van der Waals surface area contributed by atoms with Crippen molar-refractivity contribution in [3.05, 3.63) is 53.6 Å². The van der Waals surface area contributed by atoms with Crippen molar-refractivity contribution in [3.8, 4) is 17.6 Å². The van der Waals surface area contributed by atoms with Crippen molar-refractivity contribution in [1.29, 1.82) is 5.26 Å². The molecule has 0 aliphatic rings. The standard InChI is InChI=1S/C21H25N3O3/c1-4-24(5-2)12-13-27-20-14-18(10-11-19(20)26-3)23-21(25)17-8-6-16(15-22)7-9-17/h6-11,14H,4-5,12-13H2,1-3H3,(H,23,25). The summed E-state index contributed by atoms with van der Waals surface area (Å²) in [5.41, 5.74) is 1.61. The SMILES string of the molecule is CCN(CC)CCOc1cc(NC(=O)c2ccc(C#N)cc2)ccc1OC. The lowest BCUT2D eigenvalue weighted by atomic mass is 10.1. The van der Waals surface area contributed by atoms with Gasteiger partial charge in [-0.3, -0.25) is 4.79 Å². The highest BCUT2D eigenvalue weighted by Gasteiger charge is 2.10. The summed E-state index contributed by atoms with van der Waals surface area (Å²) < 4.78 is 11.2. The molecule has 0 aromatic heterocycles. The average molecular weight is 367 g/mol. The molecule has 0 saturated carbocycles. The molecule has 2 aromatic carbocycles. The second-order valence-electron chi connectivity index (χ2n) is 5.88. The second-order valence-corrected chi connectivity index (χ2v) is 5.88. The van der Waals surface area contributed by atoms with Crippen molar-refractivity contribution < 1.29 is 14.3 Å². The monoisotopic (exact) mass is 367 g/mol. The maximum absolute atomic E-state index is 12.4. The number of carbonyl (C=O) groups is 1. The number of amides is 1. The third-order valence-electron chi connectivity index (χ3n) is 4.26. The van der Waals surface area contributed by atoms with Crippen molar-refractivity contribution in [1.82, 2.24) is 4.90 Å². The van der Waals surface area contributed by atoms with Crippen LogP contribution < -0.4 is 14.8 Å². The van der Waals surface area contributed by atoms with Gasteiger partial charge in [0.2, 0.25) is 0 Å². The number of hydrogen-bond donors (Lipinski definition) is 1. The van der Waals surface area contributed by atoms with Crippen LogP contribution >= 0.6 is 0 Å². The summed E-state index contributed by atoms with van der Waals surface area (Å²) in [5, 5.41) is 11.7. The molecule has 0 aliphatic heterocycles. The molecular formula is C21H25N3O3. The quantitative estimate of drug-likeness (QED) is 0.734. The average Bonchev–Trinajstić information content (AvgIpc) is 2.71. The van der Waals surface area contributed by atoms with Gasteiger partial charge in [0.25, 0.3) is 5.91 Å². The Morgan fingerprint density at radius 2 is 1.81 bits per heavy atom. The van der Waals surface area contributed by atoms with Gasteiger partial charge in [-0.2, -0.15) is 5.26 Å². The molecule has 6 nitrogen and oxygen atoms in total. The minimum atomic E-state index is -0.251. The molecule has 0 spiro atoms. The van der Waals surface area contributed by atoms with Crippen LogP contribution in [0.1, 0.15) is 29.8 Å². The Morgan fingerprint density at radius 1 is 1.11 bits per heavy atom. The van der Waals surface area contributed by atoms with E-state index in [9.17, 15) is 4.79 Å². The summed E-state index contributed by atoms with van der Waals surface area (Å²) in [6, 6.07) is 13.8. The van der Waals surface area contributed by atoms with E-state index >= 15 is 0 Å². The second kappa shape index (κ2) is 10.2. The van der Waals surface area contributed by atoms with Gasteiger partial charge in [-0.05, 0) is 49.5 Å². The lowest BCUT2D eigenvalue weighted by Gasteiger charge is -2.19. The first-order valence-electron chi connectivity index (χ1n) is 8.96. The van der Waals surface area contributed by atoms with E-state index in [0.29, 0.717) is 34.9 Å². The van der Waals surface area contributed by atoms with Crippen molar-refractivity contribution >= 4 is 11.6 Å². The Hall–Kier alpha value is -3.04. The Morgan fingerprint density at radius 3 is 2.41 bits per heavy atom. The summed E-state index contributed by atoms with van der Waals surface area (Å²) >= 11 is 0. The molecule has 0 unspecified atom stereocenters. The molecule has 1 N–H and O–H groups in total. The highest BCUT2D eigenvalue weighted by Crippen LogP contribution is 2.30. The molecule has 0 saturated heterocycles. The number of anilines is 1. The zero-order valence-electron chi connectivity index (χ0n) is 16.0. The number of carbonyl (C=O) groups excluding carboxylic acids is 1. The molecule has 2 rings (SSSR count). The molecule has 0 fully saturated rings. The van der Waals surface area contributed by atoms with Crippen molar-refractivity contribution in [3.63, 3.8) is 0 Å². The van der Waals surface area contributed by atoms with Crippen molar-refractivity contribution in [2.24, 2.45) is 0 Å². The third kappa shape index (κ3) is 5.73. The summed E-state index contributed by atoms with van der Waals surface area (Å²) in [4.78, 5) is 14.7. The summed E-state index contributed by atoms with van der Waals surface area (Å²) in [7, 11) is 1.58. The van der Waals surface area contributed by atoms with Crippen molar-refractivity contribution in [2.75, 3.05) is 38.7 Å². The zero-order valence-corrected chi connectivity index (χ0v) is 16.0. The molecular weight excluding hydrogens is 342 g/mol. The van der Waals surface area contributed by atoms with Gasteiger partial charge in [0.05, 0.1) is 18.7 Å². The Bertz CT molecular complexity index is 793. The van der Waals surface area contributed by atoms with Crippen LogP contribution in [-0.2, 0) is 0 Å². The van der Waals surface area contributed by atoms with E-state index in [1.54, 1.807) is 49.6 Å². The molecule has 0 radical (unpaired) electrons. The van der Waals surface area contributed by atoms with E-state index in [4.69, 9.17) is 14.7 Å². The maximum Gasteiger partial charge on any atom is 0.255 e. The molecule has 0 aliphatic carbocycles. The number of ether oxygens (including phenoxy) is 2. The number of nitrogens with zero attached hydrogens (tertiary/aromatic N) is 2. The van der Waals surface area contributed by atoms with Crippen LogP contribution in [0.3, 0.4) is 0 Å². The fraction of sp³-hybridized carbons (Fsp3) is 0.333. The third-order valence-corrected chi connectivity index (χ3v) is 4.26. The van der Waals surface area contributed by atoms with Crippen LogP contribution in [0.15, 0.2) is 42.5 Å². The van der Waals surface area contributed by atoms with Gasteiger partial charge in [0.15, 0.2) is 11.5 Å². The smallest absolute Gasteiger partial charge is 0.255 e. The van der Waals surface area contributed by atoms with Crippen LogP contribution in [0.4, 0.5) is 5.69 Å². The lowest BCUT2D eigenvalue weighted by molar-refractivity contribution is 0.102. The summed E-state index contributed by atoms with van der Waals surface area (Å²) in [6.45, 7) is 7.52. The van der Waals surface area contributed by atoms with Gasteiger partial charge >= 0.3 is 0 Å². The highest BCUT2D eigenvalue weighted by atomic mass is 16.5. The molecule has 0 heterocycles. The van der Waals surface area contributed by atoms with Gasteiger partial charge in [-0.25, -0.2) is 0 Å². The fourth-order valence-electron chi connectivity index (χ4n) is 2.59. The van der Waals surface area contributed by atoms with Crippen LogP contribution in [0.2, 0.25) is 0 Å². The number of likely N-dealkylation sites (N-methyl/N-ethyl adjacent to an activating group) is 1. The predicted octanol–water partition coefficient (Wildman–Crippen LogP) is 3.54. The first-order chi connectivity index (χ1) is 13.1. The van der Waals surface area contributed by atoms with E-state index in [1.807, 2.05) is 6.07 Å². The molecule has 0 atom stereocenters. The largest absolute Gasteiger partial charge is 0.493 e. The van der Waals surface area contributed by atoms with E-state index in [1.165, 1.54) is 0 Å². The fourth-order valence-corrected chi connectivity index (χ4v) is 2.59. The predicted molar refractivity (Wildman–Crippen MR) is 105 cm³/mol. The van der Waals surface area contributed by atoms with Gasteiger partial charge in [0.1, 0.15) is 6.61 Å². The molecule has 27 heavy (non-hydrogen) atoms. The van der Waals surface area contributed by atoms with E-state index in [-0.39, 0.29) is 5.91 Å². The maximum atomic E-state index is 12.4. The number of nitriles is 1. The molecule has 6 heteroatoms. The molecule has 142 valence electrons. The number of methoxy groups -OCH3 is 1. The Labute approximate surface area is 160 Å². The van der Waals surface area contributed by atoms with Crippen LogP contribution in [0, 0.1) is 11.3 Å². The summed E-state index contributed by atoms with van der Waals surface area (Å²) in [5.74, 6) is 0.951. The van der Waals surface area contributed by atoms with Crippen LogP contribution in [0.5, 0.6) is 11.5 Å². The van der Waals surface area contributed by atoms with E-state index in [0.717, 1.165) is 19.6 Å². The van der Waals surface area contributed by atoms with Gasteiger partial charge in [-0.1, -0.05) is 13.8 Å². The Kier molecular flexibility index (Phi) is 7.65. The minimum Gasteiger partial charge on any atom is -0.493 e. The van der Waals surface area contributed by atoms with Gasteiger partial charge < -0.3 is 19.7 Å². The number of hydrogen-bond acceptors (Lipinski definition) is 5. The lowest BCUT2D eigenvalue weighted by Crippen LogP contribution is -2.28. The van der Waals surface area contributed by atoms with E-state index in [2.05, 4.69) is 24.1 Å². The van der Waals surface area contributed by atoms with Crippen LogP contribution in [0.25, 0.3) is 0 Å². The van der Waals surface area contributed by atoms with E-state index < -0.39 is 0 Å². The minimum absolute atomic E-state index is 0.251. The first kappa shape index (κ1) is 20.3. The number of benzene rings is 2.